The summed E-state index contributed by atoms with van der Waals surface area (Å²) in [6.07, 6.45) is 4.45. The summed E-state index contributed by atoms with van der Waals surface area (Å²) in [6.45, 7) is 2.12. The second-order valence-corrected chi connectivity index (χ2v) is 6.30. The maximum absolute atomic E-state index is 13.6. The largest absolute Gasteiger partial charge is 0.374 e. The topological polar surface area (TPSA) is 51.7 Å². The summed E-state index contributed by atoms with van der Waals surface area (Å²) < 4.78 is 24.8. The quantitative estimate of drug-likeness (QED) is 0.763. The molecule has 0 aliphatic carbocycles. The van der Waals surface area contributed by atoms with Crippen LogP contribution in [0, 0.1) is 5.82 Å². The number of ether oxygens (including phenoxy) is 2. The summed E-state index contributed by atoms with van der Waals surface area (Å²) in [5, 5.41) is 0. The van der Waals surface area contributed by atoms with Gasteiger partial charge in [0.05, 0.1) is 25.9 Å². The van der Waals surface area contributed by atoms with Crippen molar-refractivity contribution in [1.29, 1.82) is 0 Å². The van der Waals surface area contributed by atoms with Gasteiger partial charge >= 0.3 is 0 Å². The van der Waals surface area contributed by atoms with E-state index in [4.69, 9.17) is 9.47 Å². The molecule has 2 aromatic rings. The number of nitrogens with zero attached hydrogens (tertiary/aromatic N) is 2. The van der Waals surface area contributed by atoms with Gasteiger partial charge in [-0.15, -0.1) is 0 Å². The van der Waals surface area contributed by atoms with Crippen LogP contribution < -0.4 is 0 Å². The highest BCUT2D eigenvalue weighted by atomic mass is 19.1. The van der Waals surface area contributed by atoms with Crippen LogP contribution in [0.25, 0.3) is 0 Å². The van der Waals surface area contributed by atoms with E-state index in [1.165, 1.54) is 6.07 Å². The van der Waals surface area contributed by atoms with Crippen LogP contribution in [0.2, 0.25) is 0 Å². The standard InChI is InChI=1S/C20H23FN2O3/c21-19-6-2-1-5-17(19)14-25-15-18-13-23(10-11-26-18)20(24)8-7-16-4-3-9-22-12-16/h1-6,9,12,18H,7-8,10-11,13-15H2. The summed E-state index contributed by atoms with van der Waals surface area (Å²) in [5.74, 6) is -0.166. The molecule has 6 heteroatoms. The Bertz CT molecular complexity index is 711. The Balaban J connectivity index is 1.42. The van der Waals surface area contributed by atoms with Crippen LogP contribution in [0.3, 0.4) is 0 Å². The van der Waals surface area contributed by atoms with E-state index in [2.05, 4.69) is 4.98 Å². The fraction of sp³-hybridized carbons (Fsp3) is 0.400. The molecule has 0 saturated carbocycles. The number of hydrogen-bond donors (Lipinski definition) is 0. The molecule has 1 aromatic heterocycles. The molecule has 2 heterocycles. The third-order valence-corrected chi connectivity index (χ3v) is 4.36. The molecule has 1 unspecified atom stereocenters. The second kappa shape index (κ2) is 9.40. The Hall–Kier alpha value is -2.31. The van der Waals surface area contributed by atoms with Gasteiger partial charge in [0.2, 0.25) is 5.91 Å². The molecule has 138 valence electrons. The first-order chi connectivity index (χ1) is 12.7. The van der Waals surface area contributed by atoms with Gasteiger partial charge in [0, 0.05) is 37.5 Å². The minimum absolute atomic E-state index is 0.108. The van der Waals surface area contributed by atoms with Crippen LogP contribution >= 0.6 is 0 Å². The molecular formula is C20H23FN2O3. The van der Waals surface area contributed by atoms with E-state index in [-0.39, 0.29) is 24.4 Å². The maximum Gasteiger partial charge on any atom is 0.223 e. The van der Waals surface area contributed by atoms with Crippen molar-refractivity contribution in [2.45, 2.75) is 25.6 Å². The van der Waals surface area contributed by atoms with E-state index >= 15 is 0 Å². The Morgan fingerprint density at radius 3 is 3.00 bits per heavy atom. The fourth-order valence-corrected chi connectivity index (χ4v) is 2.92. The van der Waals surface area contributed by atoms with Gasteiger partial charge in [-0.1, -0.05) is 24.3 Å². The van der Waals surface area contributed by atoms with Crippen LogP contribution in [-0.2, 0) is 27.3 Å². The lowest BCUT2D eigenvalue weighted by atomic mass is 10.1. The van der Waals surface area contributed by atoms with E-state index in [9.17, 15) is 9.18 Å². The molecule has 1 aromatic carbocycles. The SMILES string of the molecule is O=C(CCc1cccnc1)N1CCOC(COCc2ccccc2F)C1. The molecule has 0 N–H and O–H groups in total. The highest BCUT2D eigenvalue weighted by molar-refractivity contribution is 5.76. The molecule has 1 aliphatic heterocycles. The first kappa shape index (κ1) is 18.5. The molecule has 0 spiro atoms. The summed E-state index contributed by atoms with van der Waals surface area (Å²) in [6, 6.07) is 10.4. The van der Waals surface area contributed by atoms with Gasteiger partial charge in [-0.2, -0.15) is 0 Å². The zero-order chi connectivity index (χ0) is 18.2. The summed E-state index contributed by atoms with van der Waals surface area (Å²) in [4.78, 5) is 18.3. The number of rotatable bonds is 7. The first-order valence-electron chi connectivity index (χ1n) is 8.82. The van der Waals surface area contributed by atoms with Crippen molar-refractivity contribution in [3.63, 3.8) is 0 Å². The lowest BCUT2D eigenvalue weighted by Crippen LogP contribution is -2.47. The molecule has 5 nitrogen and oxygen atoms in total. The number of morpholine rings is 1. The van der Waals surface area contributed by atoms with Gasteiger partial charge in [0.1, 0.15) is 5.82 Å². The molecular weight excluding hydrogens is 335 g/mol. The van der Waals surface area contributed by atoms with Crippen LogP contribution in [-0.4, -0.2) is 48.2 Å². The number of carbonyl (C=O) groups is 1. The second-order valence-electron chi connectivity index (χ2n) is 6.30. The van der Waals surface area contributed by atoms with Crippen molar-refractivity contribution in [3.8, 4) is 0 Å². The average Bonchev–Trinajstić information content (AvgIpc) is 2.69. The van der Waals surface area contributed by atoms with Gasteiger partial charge in [-0.25, -0.2) is 4.39 Å². The van der Waals surface area contributed by atoms with Crippen molar-refractivity contribution >= 4 is 5.91 Å². The molecule has 3 rings (SSSR count). The Labute approximate surface area is 152 Å². The predicted octanol–water partition coefficient (Wildman–Crippen LogP) is 2.60. The number of benzene rings is 1. The Morgan fingerprint density at radius 1 is 1.31 bits per heavy atom. The van der Waals surface area contributed by atoms with Gasteiger partial charge in [0.25, 0.3) is 0 Å². The number of aromatic nitrogens is 1. The summed E-state index contributed by atoms with van der Waals surface area (Å²) in [7, 11) is 0. The van der Waals surface area contributed by atoms with Gasteiger partial charge in [-0.3, -0.25) is 9.78 Å². The molecule has 1 fully saturated rings. The Morgan fingerprint density at radius 2 is 2.19 bits per heavy atom. The zero-order valence-electron chi connectivity index (χ0n) is 14.6. The minimum Gasteiger partial charge on any atom is -0.374 e. The van der Waals surface area contributed by atoms with Crippen molar-refractivity contribution in [3.05, 3.63) is 65.7 Å². The number of carbonyl (C=O) groups excluding carboxylic acids is 1. The smallest absolute Gasteiger partial charge is 0.223 e. The van der Waals surface area contributed by atoms with E-state index < -0.39 is 0 Å². The van der Waals surface area contributed by atoms with Crippen LogP contribution in [0.4, 0.5) is 4.39 Å². The summed E-state index contributed by atoms with van der Waals surface area (Å²) >= 11 is 0. The number of halogens is 1. The highest BCUT2D eigenvalue weighted by Gasteiger charge is 2.24. The first-order valence-corrected chi connectivity index (χ1v) is 8.82. The molecule has 1 saturated heterocycles. The highest BCUT2D eigenvalue weighted by Crippen LogP contribution is 2.12. The number of pyridine rings is 1. The number of amides is 1. The lowest BCUT2D eigenvalue weighted by molar-refractivity contribution is -0.141. The minimum atomic E-state index is -0.274. The van der Waals surface area contributed by atoms with E-state index in [0.717, 1.165) is 5.56 Å². The zero-order valence-corrected chi connectivity index (χ0v) is 14.6. The van der Waals surface area contributed by atoms with Crippen molar-refractivity contribution in [1.82, 2.24) is 9.88 Å². The van der Waals surface area contributed by atoms with E-state index in [1.54, 1.807) is 30.6 Å². The lowest BCUT2D eigenvalue weighted by Gasteiger charge is -2.33. The normalized spacial score (nSPS) is 17.3. The maximum atomic E-state index is 13.6. The molecule has 1 amide bonds. The van der Waals surface area contributed by atoms with E-state index in [0.29, 0.717) is 44.7 Å². The molecule has 1 aliphatic rings. The molecule has 0 radical (unpaired) electrons. The van der Waals surface area contributed by atoms with Gasteiger partial charge < -0.3 is 14.4 Å². The number of hydrogen-bond acceptors (Lipinski definition) is 4. The Kier molecular flexibility index (Phi) is 6.68. The van der Waals surface area contributed by atoms with Gasteiger partial charge in [-0.05, 0) is 24.1 Å². The average molecular weight is 358 g/mol. The van der Waals surface area contributed by atoms with Crippen molar-refractivity contribution < 1.29 is 18.7 Å². The predicted molar refractivity (Wildman–Crippen MR) is 94.9 cm³/mol. The molecule has 26 heavy (non-hydrogen) atoms. The van der Waals surface area contributed by atoms with Crippen LogP contribution in [0.15, 0.2) is 48.8 Å². The van der Waals surface area contributed by atoms with E-state index in [1.807, 2.05) is 17.0 Å². The summed E-state index contributed by atoms with van der Waals surface area (Å²) in [5.41, 5.74) is 1.58. The monoisotopic (exact) mass is 358 g/mol. The fourth-order valence-electron chi connectivity index (χ4n) is 2.92. The van der Waals surface area contributed by atoms with Gasteiger partial charge in [0.15, 0.2) is 0 Å². The van der Waals surface area contributed by atoms with Crippen LogP contribution in [0.1, 0.15) is 17.5 Å². The third kappa shape index (κ3) is 5.34. The molecule has 0 bridgehead atoms. The van der Waals surface area contributed by atoms with Crippen molar-refractivity contribution in [2.24, 2.45) is 0 Å². The van der Waals surface area contributed by atoms with Crippen molar-refractivity contribution in [2.75, 3.05) is 26.3 Å². The molecule has 1 atom stereocenters. The third-order valence-electron chi connectivity index (χ3n) is 4.36. The number of aryl methyl sites for hydroxylation is 1. The van der Waals surface area contributed by atoms with Crippen LogP contribution in [0.5, 0.6) is 0 Å².